The predicted molar refractivity (Wildman–Crippen MR) is 88.3 cm³/mol. The van der Waals surface area contributed by atoms with Crippen LogP contribution in [0.3, 0.4) is 0 Å². The van der Waals surface area contributed by atoms with E-state index < -0.39 is 18.3 Å². The van der Waals surface area contributed by atoms with Gasteiger partial charge in [0, 0.05) is 31.1 Å². The fourth-order valence-electron chi connectivity index (χ4n) is 1.78. The molecule has 23 heavy (non-hydrogen) atoms. The van der Waals surface area contributed by atoms with Crippen LogP contribution < -0.4 is 5.46 Å². The molecular formula is C15H29BN2O5. The molecule has 0 spiro atoms. The highest BCUT2D eigenvalue weighted by molar-refractivity contribution is 6.59. The Bertz CT molecular complexity index is 467. The van der Waals surface area contributed by atoms with Crippen molar-refractivity contribution in [2.24, 2.45) is 0 Å². The molecule has 1 rings (SSSR count). The van der Waals surface area contributed by atoms with E-state index in [4.69, 9.17) is 14.1 Å². The fourth-order valence-corrected chi connectivity index (χ4v) is 1.78. The minimum atomic E-state index is -1.18. The molecule has 2 N–H and O–H groups in total. The number of nitrogens with zero attached hydrogens (tertiary/aromatic N) is 2. The van der Waals surface area contributed by atoms with Gasteiger partial charge in [0.1, 0.15) is 0 Å². The van der Waals surface area contributed by atoms with Crippen molar-refractivity contribution in [1.29, 1.82) is 0 Å². The van der Waals surface area contributed by atoms with Crippen molar-refractivity contribution in [3.63, 3.8) is 0 Å². The van der Waals surface area contributed by atoms with E-state index in [1.165, 1.54) is 6.20 Å². The van der Waals surface area contributed by atoms with Gasteiger partial charge in [-0.05, 0) is 41.5 Å². The summed E-state index contributed by atoms with van der Waals surface area (Å²) in [4.78, 5) is 0. The van der Waals surface area contributed by atoms with Gasteiger partial charge < -0.3 is 24.3 Å². The maximum atomic E-state index is 10.2. The van der Waals surface area contributed by atoms with E-state index >= 15 is 0 Å². The lowest BCUT2D eigenvalue weighted by molar-refractivity contribution is -0.144. The second-order valence-electron chi connectivity index (χ2n) is 6.38. The smallest absolute Gasteiger partial charge is 0.423 e. The minimum absolute atomic E-state index is 0.386. The van der Waals surface area contributed by atoms with Gasteiger partial charge in [0.05, 0.1) is 17.7 Å². The molecule has 8 heteroatoms. The van der Waals surface area contributed by atoms with Crippen LogP contribution in [0, 0.1) is 0 Å². The van der Waals surface area contributed by atoms with Crippen LogP contribution in [-0.2, 0) is 20.7 Å². The van der Waals surface area contributed by atoms with Crippen molar-refractivity contribution in [3.8, 4) is 0 Å². The highest BCUT2D eigenvalue weighted by Gasteiger charge is 2.39. The van der Waals surface area contributed by atoms with Crippen LogP contribution in [0.5, 0.6) is 0 Å². The predicted octanol–water partition coefficient (Wildman–Crippen LogP) is 0.536. The largest absolute Gasteiger partial charge is 0.494 e. The number of ether oxygens (including phenoxy) is 2. The first-order chi connectivity index (χ1) is 10.6. The van der Waals surface area contributed by atoms with Crippen LogP contribution >= 0.6 is 0 Å². The molecule has 0 aromatic carbocycles. The summed E-state index contributed by atoms with van der Waals surface area (Å²) in [5, 5.41) is 24.5. The second kappa shape index (κ2) is 8.26. The van der Waals surface area contributed by atoms with Crippen molar-refractivity contribution < 1.29 is 24.3 Å². The third kappa shape index (κ3) is 5.89. The third-order valence-electron chi connectivity index (χ3n) is 3.86. The first-order valence-corrected chi connectivity index (χ1v) is 7.94. The van der Waals surface area contributed by atoms with Gasteiger partial charge in [-0.2, -0.15) is 5.10 Å². The summed E-state index contributed by atoms with van der Waals surface area (Å²) in [7, 11) is -1.18. The van der Waals surface area contributed by atoms with Crippen LogP contribution in [-0.4, -0.2) is 57.7 Å². The lowest BCUT2D eigenvalue weighted by atomic mass is 9.78. The molecule has 0 saturated heterocycles. The molecular weight excluding hydrogens is 299 g/mol. The normalized spacial score (nSPS) is 12.9. The Kier molecular flexibility index (Phi) is 7.22. The zero-order valence-corrected chi connectivity index (χ0v) is 14.9. The molecule has 0 unspecified atom stereocenters. The Morgan fingerprint density at radius 2 is 1.78 bits per heavy atom. The molecule has 0 atom stereocenters. The lowest BCUT2D eigenvalue weighted by Crippen LogP contribution is -2.53. The number of aliphatic hydroxyl groups is 1. The van der Waals surface area contributed by atoms with E-state index in [0.29, 0.717) is 25.2 Å². The Morgan fingerprint density at radius 1 is 1.22 bits per heavy atom. The summed E-state index contributed by atoms with van der Waals surface area (Å²) in [5.74, 6) is 0. The van der Waals surface area contributed by atoms with Crippen molar-refractivity contribution >= 4 is 12.6 Å². The quantitative estimate of drug-likeness (QED) is 0.481. The highest BCUT2D eigenvalue weighted by Crippen LogP contribution is 2.25. The summed E-state index contributed by atoms with van der Waals surface area (Å²) >= 11 is 0. The standard InChI is InChI=1S/C15H29BN2O5/c1-7-21-13(22-8-2)11-18-10-12(9-17-18)16(20)23-15(5,6)14(3,4)19/h9-10,13,19-20H,7-8,11H2,1-6H3. The molecule has 0 aliphatic carbocycles. The summed E-state index contributed by atoms with van der Waals surface area (Å²) in [5.41, 5.74) is -1.51. The molecule has 0 aliphatic rings. The van der Waals surface area contributed by atoms with Crippen molar-refractivity contribution in [2.75, 3.05) is 13.2 Å². The van der Waals surface area contributed by atoms with Gasteiger partial charge in [0.15, 0.2) is 6.29 Å². The maximum Gasteiger partial charge on any atom is 0.494 e. The molecule has 7 nitrogen and oxygen atoms in total. The first kappa shape index (κ1) is 20.1. The summed E-state index contributed by atoms with van der Waals surface area (Å²) in [6, 6.07) is 0. The molecule has 0 bridgehead atoms. The number of hydrogen-bond acceptors (Lipinski definition) is 6. The average Bonchev–Trinajstić information content (AvgIpc) is 2.86. The van der Waals surface area contributed by atoms with Gasteiger partial charge >= 0.3 is 7.12 Å². The molecule has 1 aromatic rings. The zero-order valence-electron chi connectivity index (χ0n) is 14.9. The lowest BCUT2D eigenvalue weighted by Gasteiger charge is -2.38. The Morgan fingerprint density at radius 3 is 2.26 bits per heavy atom. The van der Waals surface area contributed by atoms with Crippen molar-refractivity contribution in [2.45, 2.75) is 65.6 Å². The summed E-state index contributed by atoms with van der Waals surface area (Å²) in [6.45, 7) is 12.0. The SMILES string of the molecule is CCOC(Cn1cc(B(O)OC(C)(C)C(C)(C)O)cn1)OCC. The van der Waals surface area contributed by atoms with E-state index in [1.807, 2.05) is 13.8 Å². The molecule has 1 aromatic heterocycles. The number of rotatable bonds is 10. The minimum Gasteiger partial charge on any atom is -0.423 e. The topological polar surface area (TPSA) is 86.0 Å². The van der Waals surface area contributed by atoms with E-state index in [1.54, 1.807) is 38.6 Å². The second-order valence-corrected chi connectivity index (χ2v) is 6.38. The molecule has 0 amide bonds. The summed E-state index contributed by atoms with van der Waals surface area (Å²) in [6.07, 6.45) is 2.82. The van der Waals surface area contributed by atoms with E-state index in [2.05, 4.69) is 5.10 Å². The monoisotopic (exact) mass is 328 g/mol. The molecule has 1 heterocycles. The first-order valence-electron chi connectivity index (χ1n) is 7.94. The van der Waals surface area contributed by atoms with E-state index in [0.717, 1.165) is 0 Å². The Hall–Kier alpha value is -0.925. The van der Waals surface area contributed by atoms with Gasteiger partial charge in [-0.3, -0.25) is 4.68 Å². The maximum absolute atomic E-state index is 10.2. The van der Waals surface area contributed by atoms with Crippen LogP contribution in [0.15, 0.2) is 12.4 Å². The van der Waals surface area contributed by atoms with Gasteiger partial charge in [-0.15, -0.1) is 0 Å². The van der Waals surface area contributed by atoms with Gasteiger partial charge in [-0.1, -0.05) is 0 Å². The highest BCUT2D eigenvalue weighted by atomic mass is 16.7. The number of hydrogen-bond donors (Lipinski definition) is 2. The van der Waals surface area contributed by atoms with E-state index in [-0.39, 0.29) is 6.29 Å². The van der Waals surface area contributed by atoms with Gasteiger partial charge in [0.25, 0.3) is 0 Å². The van der Waals surface area contributed by atoms with Crippen LogP contribution in [0.1, 0.15) is 41.5 Å². The van der Waals surface area contributed by atoms with E-state index in [9.17, 15) is 10.1 Å². The molecule has 0 aliphatic heterocycles. The molecule has 0 saturated carbocycles. The third-order valence-corrected chi connectivity index (χ3v) is 3.86. The van der Waals surface area contributed by atoms with Crippen molar-refractivity contribution in [1.82, 2.24) is 9.78 Å². The Balaban J connectivity index is 2.71. The molecule has 132 valence electrons. The zero-order chi connectivity index (χ0) is 17.7. The number of aromatic nitrogens is 2. The van der Waals surface area contributed by atoms with Crippen LogP contribution in [0.4, 0.5) is 0 Å². The molecule has 0 radical (unpaired) electrons. The summed E-state index contributed by atoms with van der Waals surface area (Å²) < 4.78 is 18.2. The fraction of sp³-hybridized carbons (Fsp3) is 0.800. The van der Waals surface area contributed by atoms with Gasteiger partial charge in [-0.25, -0.2) is 0 Å². The van der Waals surface area contributed by atoms with Crippen LogP contribution in [0.25, 0.3) is 0 Å². The van der Waals surface area contributed by atoms with Gasteiger partial charge in [0.2, 0.25) is 0 Å². The van der Waals surface area contributed by atoms with Crippen LogP contribution in [0.2, 0.25) is 0 Å². The Labute approximate surface area is 138 Å². The molecule has 0 fully saturated rings. The van der Waals surface area contributed by atoms with Crippen molar-refractivity contribution in [3.05, 3.63) is 12.4 Å². The average molecular weight is 328 g/mol.